The van der Waals surface area contributed by atoms with Gasteiger partial charge >= 0.3 is 0 Å². The molecule has 152 valence electrons. The van der Waals surface area contributed by atoms with Crippen LogP contribution in [0.2, 0.25) is 0 Å². The maximum absolute atomic E-state index is 13.6. The van der Waals surface area contributed by atoms with Crippen LogP contribution in [-0.4, -0.2) is 21.0 Å². The molecule has 5 nitrogen and oxygen atoms in total. The lowest BCUT2D eigenvalue weighted by molar-refractivity contribution is 0.312. The van der Waals surface area contributed by atoms with E-state index in [0.717, 1.165) is 17.4 Å². The zero-order valence-corrected chi connectivity index (χ0v) is 16.3. The Morgan fingerprint density at radius 2 is 1.77 bits per heavy atom. The molecule has 0 bridgehead atoms. The zero-order valence-electron chi connectivity index (χ0n) is 16.3. The van der Waals surface area contributed by atoms with Crippen LogP contribution in [0.5, 0.6) is 5.75 Å². The van der Waals surface area contributed by atoms with Crippen molar-refractivity contribution in [2.75, 3.05) is 5.32 Å². The second-order valence-electron chi connectivity index (χ2n) is 6.86. The van der Waals surface area contributed by atoms with E-state index in [1.807, 2.05) is 54.4 Å². The summed E-state index contributed by atoms with van der Waals surface area (Å²) < 4.78 is 33.3. The predicted octanol–water partition coefficient (Wildman–Crippen LogP) is 4.79. The lowest BCUT2D eigenvalue weighted by atomic mass is 10.1. The third-order valence-corrected chi connectivity index (χ3v) is 4.56. The molecule has 0 saturated heterocycles. The number of rotatable bonds is 6. The Balaban J connectivity index is 1.59. The second kappa shape index (κ2) is 8.73. The Bertz CT molecular complexity index is 1070. The van der Waals surface area contributed by atoms with Gasteiger partial charge < -0.3 is 15.0 Å². The van der Waals surface area contributed by atoms with Crippen molar-refractivity contribution in [3.8, 4) is 5.75 Å². The number of nitrogens with zero attached hydrogens (tertiary/aromatic N) is 3. The highest BCUT2D eigenvalue weighted by Gasteiger charge is 2.20. The van der Waals surface area contributed by atoms with Crippen LogP contribution in [0.25, 0.3) is 0 Å². The summed E-state index contributed by atoms with van der Waals surface area (Å²) in [5, 5.41) is 3.22. The number of aromatic nitrogens is 2. The van der Waals surface area contributed by atoms with E-state index in [1.54, 1.807) is 18.5 Å². The van der Waals surface area contributed by atoms with E-state index in [2.05, 4.69) is 15.3 Å². The van der Waals surface area contributed by atoms with Crippen LogP contribution in [-0.2, 0) is 6.54 Å². The van der Waals surface area contributed by atoms with Gasteiger partial charge in [-0.3, -0.25) is 0 Å². The molecule has 1 aliphatic heterocycles. The molecule has 4 rings (SSSR count). The van der Waals surface area contributed by atoms with E-state index >= 15 is 0 Å². The Kier molecular flexibility index (Phi) is 5.70. The molecule has 0 spiro atoms. The largest absolute Gasteiger partial charge is 0.457 e. The number of anilines is 1. The van der Waals surface area contributed by atoms with Gasteiger partial charge in [0.15, 0.2) is 0 Å². The normalized spacial score (nSPS) is 15.6. The molecule has 0 saturated carbocycles. The van der Waals surface area contributed by atoms with Gasteiger partial charge in [-0.05, 0) is 48.4 Å². The van der Waals surface area contributed by atoms with Gasteiger partial charge in [0.1, 0.15) is 29.3 Å². The molecule has 30 heavy (non-hydrogen) atoms. The maximum atomic E-state index is 13.6. The van der Waals surface area contributed by atoms with Crippen LogP contribution >= 0.6 is 0 Å². The van der Waals surface area contributed by atoms with Crippen LogP contribution < -0.4 is 10.1 Å². The number of nitrogens with one attached hydrogen (secondary N) is 1. The van der Waals surface area contributed by atoms with Crippen molar-refractivity contribution in [3.05, 3.63) is 108 Å². The van der Waals surface area contributed by atoms with E-state index in [1.165, 1.54) is 12.1 Å². The molecule has 1 aromatic heterocycles. The summed E-state index contributed by atoms with van der Waals surface area (Å²) in [5.74, 6) is 0.602. The number of hydrogen-bond donors (Lipinski definition) is 1. The molecule has 2 heterocycles. The van der Waals surface area contributed by atoms with Gasteiger partial charge in [0.25, 0.3) is 0 Å². The molecule has 1 atom stereocenters. The first-order valence-corrected chi connectivity index (χ1v) is 9.44. The summed E-state index contributed by atoms with van der Waals surface area (Å²) >= 11 is 0. The summed E-state index contributed by atoms with van der Waals surface area (Å²) in [5.41, 5.74) is 1.52. The number of ether oxygens (including phenoxy) is 1. The Labute approximate surface area is 173 Å². The zero-order chi connectivity index (χ0) is 20.9. The monoisotopic (exact) mass is 406 g/mol. The predicted molar refractivity (Wildman–Crippen MR) is 110 cm³/mol. The van der Waals surface area contributed by atoms with Gasteiger partial charge in [-0.15, -0.1) is 0 Å². The second-order valence-corrected chi connectivity index (χ2v) is 6.86. The van der Waals surface area contributed by atoms with Crippen LogP contribution in [0.4, 0.5) is 14.7 Å². The third kappa shape index (κ3) is 4.81. The standard InChI is InChI=1S/C23H20F2N4O/c1-16-5-2-3-6-21(16)30-20-7-10-29(15-17-11-18(24)13-19(25)12-17)22(14-20)28-23-26-8-4-9-27-23/h2-14,22H,15H2,1H3,(H,26,27,28). The first-order chi connectivity index (χ1) is 14.6. The van der Waals surface area contributed by atoms with Crippen molar-refractivity contribution < 1.29 is 13.5 Å². The molecule has 1 unspecified atom stereocenters. The topological polar surface area (TPSA) is 50.3 Å². The lowest BCUT2D eigenvalue weighted by Gasteiger charge is -2.32. The molecular formula is C23H20F2N4O. The summed E-state index contributed by atoms with van der Waals surface area (Å²) in [7, 11) is 0. The van der Waals surface area contributed by atoms with E-state index in [0.29, 0.717) is 17.3 Å². The minimum Gasteiger partial charge on any atom is -0.457 e. The fourth-order valence-corrected chi connectivity index (χ4v) is 3.13. The third-order valence-electron chi connectivity index (χ3n) is 4.56. The molecule has 0 radical (unpaired) electrons. The Hall–Kier alpha value is -3.74. The molecule has 0 aliphatic carbocycles. The fourth-order valence-electron chi connectivity index (χ4n) is 3.13. The SMILES string of the molecule is Cc1ccccc1OC1=CC(Nc2ncccn2)N(Cc2cc(F)cc(F)c2)C=C1. The summed E-state index contributed by atoms with van der Waals surface area (Å²) in [4.78, 5) is 10.3. The minimum atomic E-state index is -0.610. The minimum absolute atomic E-state index is 0.282. The molecule has 1 aliphatic rings. The highest BCUT2D eigenvalue weighted by Crippen LogP contribution is 2.24. The average Bonchev–Trinajstić information content (AvgIpc) is 2.72. The summed E-state index contributed by atoms with van der Waals surface area (Å²) in [6.45, 7) is 2.25. The van der Waals surface area contributed by atoms with Gasteiger partial charge in [0.2, 0.25) is 5.95 Å². The van der Waals surface area contributed by atoms with Crippen LogP contribution in [0, 0.1) is 18.6 Å². The van der Waals surface area contributed by atoms with Crippen molar-refractivity contribution in [2.24, 2.45) is 0 Å². The molecule has 0 fully saturated rings. The number of para-hydroxylation sites is 1. The maximum Gasteiger partial charge on any atom is 0.224 e. The van der Waals surface area contributed by atoms with E-state index in [9.17, 15) is 8.78 Å². The fraction of sp³-hybridized carbons (Fsp3) is 0.130. The van der Waals surface area contributed by atoms with E-state index in [4.69, 9.17) is 4.74 Å². The first kappa shape index (κ1) is 19.6. The van der Waals surface area contributed by atoms with Crippen molar-refractivity contribution >= 4 is 5.95 Å². The highest BCUT2D eigenvalue weighted by atomic mass is 19.1. The molecular weight excluding hydrogens is 386 g/mol. The molecule has 0 amide bonds. The van der Waals surface area contributed by atoms with Gasteiger partial charge in [0.05, 0.1) is 0 Å². The molecule has 2 aromatic carbocycles. The van der Waals surface area contributed by atoms with Crippen LogP contribution in [0.3, 0.4) is 0 Å². The van der Waals surface area contributed by atoms with Crippen molar-refractivity contribution in [2.45, 2.75) is 19.6 Å². The van der Waals surface area contributed by atoms with Crippen molar-refractivity contribution in [3.63, 3.8) is 0 Å². The van der Waals surface area contributed by atoms with Crippen molar-refractivity contribution in [1.29, 1.82) is 0 Å². The lowest BCUT2D eigenvalue weighted by Crippen LogP contribution is -2.38. The van der Waals surface area contributed by atoms with Gasteiger partial charge in [0, 0.05) is 37.3 Å². The van der Waals surface area contributed by atoms with Gasteiger partial charge in [-0.25, -0.2) is 18.7 Å². The molecule has 1 N–H and O–H groups in total. The van der Waals surface area contributed by atoms with E-state index in [-0.39, 0.29) is 12.7 Å². The average molecular weight is 406 g/mol. The molecule has 7 heteroatoms. The summed E-state index contributed by atoms with van der Waals surface area (Å²) in [6, 6.07) is 12.9. The van der Waals surface area contributed by atoms with Gasteiger partial charge in [-0.2, -0.15) is 0 Å². The smallest absolute Gasteiger partial charge is 0.224 e. The number of hydrogen-bond acceptors (Lipinski definition) is 5. The number of allylic oxidation sites excluding steroid dienone is 1. The Morgan fingerprint density at radius 3 is 2.50 bits per heavy atom. The molecule has 3 aromatic rings. The van der Waals surface area contributed by atoms with Crippen LogP contribution in [0.1, 0.15) is 11.1 Å². The first-order valence-electron chi connectivity index (χ1n) is 9.44. The highest BCUT2D eigenvalue weighted by molar-refractivity contribution is 5.37. The number of aryl methyl sites for hydroxylation is 1. The van der Waals surface area contributed by atoms with Crippen molar-refractivity contribution in [1.82, 2.24) is 14.9 Å². The number of halogens is 2. The summed E-state index contributed by atoms with van der Waals surface area (Å²) in [6.07, 6.45) is 8.38. The van der Waals surface area contributed by atoms with Crippen LogP contribution in [0.15, 0.2) is 85.0 Å². The quantitative estimate of drug-likeness (QED) is 0.638. The Morgan fingerprint density at radius 1 is 1.03 bits per heavy atom. The number of benzene rings is 2. The van der Waals surface area contributed by atoms with E-state index < -0.39 is 11.6 Å². The van der Waals surface area contributed by atoms with Gasteiger partial charge in [-0.1, -0.05) is 18.2 Å².